The number of sulfonamides is 1. The van der Waals surface area contributed by atoms with Crippen LogP contribution in [0.15, 0.2) is 108 Å². The van der Waals surface area contributed by atoms with Gasteiger partial charge >= 0.3 is 0 Å². The van der Waals surface area contributed by atoms with Gasteiger partial charge in [0, 0.05) is 24.5 Å². The molecule has 4 rings (SSSR count). The van der Waals surface area contributed by atoms with Crippen molar-refractivity contribution in [1.82, 2.24) is 10.2 Å². The normalized spacial score (nSPS) is 11.8. The first-order valence-electron chi connectivity index (χ1n) is 14.2. The van der Waals surface area contributed by atoms with Crippen molar-refractivity contribution in [3.05, 3.63) is 125 Å². The molecule has 0 spiro atoms. The van der Waals surface area contributed by atoms with Crippen molar-refractivity contribution in [3.8, 4) is 5.75 Å². The minimum atomic E-state index is -4.19. The highest BCUT2D eigenvalue weighted by molar-refractivity contribution is 7.92. The SMILES string of the molecule is CCNC(=O)C(Cc1ccccc1)N(Cc1ccc(Cl)cc1)C(=O)CN(c1ccc(OC)cc1)S(=O)(=O)c1ccc(C)cc1. The van der Waals surface area contributed by atoms with Gasteiger partial charge in [-0.25, -0.2) is 8.42 Å². The van der Waals surface area contributed by atoms with Crippen LogP contribution in [0.5, 0.6) is 5.75 Å². The molecule has 0 aromatic heterocycles. The van der Waals surface area contributed by atoms with E-state index in [0.717, 1.165) is 21.0 Å². The summed E-state index contributed by atoms with van der Waals surface area (Å²) in [5.41, 5.74) is 2.78. The molecule has 0 aliphatic rings. The molecule has 1 unspecified atom stereocenters. The third-order valence-electron chi connectivity index (χ3n) is 7.14. The van der Waals surface area contributed by atoms with Crippen molar-refractivity contribution in [2.24, 2.45) is 0 Å². The summed E-state index contributed by atoms with van der Waals surface area (Å²) >= 11 is 6.12. The Balaban J connectivity index is 1.79. The number of amides is 2. The summed E-state index contributed by atoms with van der Waals surface area (Å²) in [4.78, 5) is 29.4. The third kappa shape index (κ3) is 8.18. The number of rotatable bonds is 13. The predicted octanol–water partition coefficient (Wildman–Crippen LogP) is 5.63. The molecule has 4 aromatic rings. The molecule has 1 N–H and O–H groups in total. The Morgan fingerprint density at radius 3 is 2.09 bits per heavy atom. The first kappa shape index (κ1) is 32.6. The van der Waals surface area contributed by atoms with Crippen molar-refractivity contribution < 1.29 is 22.7 Å². The van der Waals surface area contributed by atoms with Crippen LogP contribution in [-0.4, -0.2) is 51.4 Å². The van der Waals surface area contributed by atoms with Gasteiger partial charge in [-0.15, -0.1) is 0 Å². The fraction of sp³-hybridized carbons (Fsp3) is 0.235. The number of nitrogens with one attached hydrogen (secondary N) is 1. The Bertz CT molecular complexity index is 1650. The molecule has 0 bridgehead atoms. The fourth-order valence-corrected chi connectivity index (χ4v) is 6.29. The Morgan fingerprint density at radius 2 is 1.50 bits per heavy atom. The van der Waals surface area contributed by atoms with Gasteiger partial charge in [0.15, 0.2) is 0 Å². The van der Waals surface area contributed by atoms with E-state index in [4.69, 9.17) is 16.3 Å². The van der Waals surface area contributed by atoms with Gasteiger partial charge in [-0.3, -0.25) is 13.9 Å². The van der Waals surface area contributed by atoms with Gasteiger partial charge in [0.1, 0.15) is 18.3 Å². The van der Waals surface area contributed by atoms with Crippen LogP contribution in [0.25, 0.3) is 0 Å². The lowest BCUT2D eigenvalue weighted by Crippen LogP contribution is -2.53. The number of ether oxygens (including phenoxy) is 1. The predicted molar refractivity (Wildman–Crippen MR) is 173 cm³/mol. The van der Waals surface area contributed by atoms with Crippen LogP contribution >= 0.6 is 11.6 Å². The second-order valence-electron chi connectivity index (χ2n) is 10.3. The molecule has 0 saturated carbocycles. The highest BCUT2D eigenvalue weighted by Crippen LogP contribution is 2.27. The average molecular weight is 634 g/mol. The largest absolute Gasteiger partial charge is 0.497 e. The highest BCUT2D eigenvalue weighted by atomic mass is 35.5. The summed E-state index contributed by atoms with van der Waals surface area (Å²) in [5.74, 6) is -0.342. The molecule has 230 valence electrons. The van der Waals surface area contributed by atoms with Gasteiger partial charge in [0.25, 0.3) is 10.0 Å². The van der Waals surface area contributed by atoms with E-state index < -0.39 is 28.5 Å². The maximum atomic E-state index is 14.4. The Hall–Kier alpha value is -4.34. The summed E-state index contributed by atoms with van der Waals surface area (Å²) < 4.78 is 34.5. The van der Waals surface area contributed by atoms with Gasteiger partial charge in [-0.2, -0.15) is 0 Å². The summed E-state index contributed by atoms with van der Waals surface area (Å²) in [5, 5.41) is 3.39. The van der Waals surface area contributed by atoms with Crippen molar-refractivity contribution in [2.45, 2.75) is 37.8 Å². The molecule has 8 nitrogen and oxygen atoms in total. The molecule has 0 fully saturated rings. The zero-order chi connectivity index (χ0) is 31.7. The first-order valence-corrected chi connectivity index (χ1v) is 16.0. The van der Waals surface area contributed by atoms with Crippen LogP contribution in [-0.2, 0) is 32.6 Å². The van der Waals surface area contributed by atoms with Crippen molar-refractivity contribution in [2.75, 3.05) is 24.5 Å². The van der Waals surface area contributed by atoms with Crippen LogP contribution in [0.3, 0.4) is 0 Å². The number of anilines is 1. The van der Waals surface area contributed by atoms with E-state index in [1.165, 1.54) is 24.1 Å². The number of methoxy groups -OCH3 is 1. The number of benzene rings is 4. The summed E-state index contributed by atoms with van der Waals surface area (Å²) in [6.07, 6.45) is 0.235. The second-order valence-corrected chi connectivity index (χ2v) is 12.6. The molecule has 0 radical (unpaired) electrons. The maximum Gasteiger partial charge on any atom is 0.264 e. The minimum Gasteiger partial charge on any atom is -0.497 e. The molecular weight excluding hydrogens is 598 g/mol. The second kappa shape index (κ2) is 14.9. The van der Waals surface area contributed by atoms with Gasteiger partial charge in [0.05, 0.1) is 17.7 Å². The number of likely N-dealkylation sites (N-methyl/N-ethyl adjacent to an activating group) is 1. The molecule has 44 heavy (non-hydrogen) atoms. The lowest BCUT2D eigenvalue weighted by Gasteiger charge is -2.34. The van der Waals surface area contributed by atoms with E-state index >= 15 is 0 Å². The minimum absolute atomic E-state index is 0.0422. The Kier molecular flexibility index (Phi) is 11.0. The van der Waals surface area contributed by atoms with Crippen molar-refractivity contribution >= 4 is 39.1 Å². The molecule has 4 aromatic carbocycles. The molecule has 10 heteroatoms. The van der Waals surface area contributed by atoms with Gasteiger partial charge < -0.3 is 15.0 Å². The zero-order valence-corrected chi connectivity index (χ0v) is 26.5. The van der Waals surface area contributed by atoms with Gasteiger partial charge in [0.2, 0.25) is 11.8 Å². The van der Waals surface area contributed by atoms with Crippen LogP contribution in [0.1, 0.15) is 23.6 Å². The Labute approximate surface area is 264 Å². The third-order valence-corrected chi connectivity index (χ3v) is 9.18. The van der Waals surface area contributed by atoms with Crippen LogP contribution < -0.4 is 14.4 Å². The van der Waals surface area contributed by atoms with Gasteiger partial charge in [-0.05, 0) is 73.5 Å². The van der Waals surface area contributed by atoms with E-state index in [0.29, 0.717) is 17.3 Å². The number of nitrogens with zero attached hydrogens (tertiary/aromatic N) is 2. The smallest absolute Gasteiger partial charge is 0.264 e. The number of hydrogen-bond acceptors (Lipinski definition) is 5. The molecule has 1 atom stereocenters. The number of aryl methyl sites for hydroxylation is 1. The van der Waals surface area contributed by atoms with E-state index in [-0.39, 0.29) is 29.5 Å². The van der Waals surface area contributed by atoms with Crippen molar-refractivity contribution in [1.29, 1.82) is 0 Å². The summed E-state index contributed by atoms with van der Waals surface area (Å²) in [6.45, 7) is 3.56. The monoisotopic (exact) mass is 633 g/mol. The van der Waals surface area contributed by atoms with E-state index in [1.807, 2.05) is 44.2 Å². The standard InChI is InChI=1S/C34H36ClN3O5S/c1-4-36-34(40)32(22-26-8-6-5-7-9-26)37(23-27-12-14-28(35)15-13-27)33(39)24-38(29-16-18-30(43-3)19-17-29)44(41,42)31-20-10-25(2)11-21-31/h5-21,32H,4,22-24H2,1-3H3,(H,36,40). The highest BCUT2D eigenvalue weighted by Gasteiger charge is 2.34. The number of hydrogen-bond donors (Lipinski definition) is 1. The summed E-state index contributed by atoms with van der Waals surface area (Å²) in [7, 11) is -2.67. The van der Waals surface area contributed by atoms with Crippen LogP contribution in [0.4, 0.5) is 5.69 Å². The molecular formula is C34H36ClN3O5S. The lowest BCUT2D eigenvalue weighted by atomic mass is 10.0. The zero-order valence-electron chi connectivity index (χ0n) is 24.9. The van der Waals surface area contributed by atoms with Gasteiger partial charge in [-0.1, -0.05) is 71.8 Å². The molecule has 2 amide bonds. The number of carbonyl (C=O) groups is 2. The van der Waals surface area contributed by atoms with Crippen LogP contribution in [0.2, 0.25) is 5.02 Å². The number of carbonyl (C=O) groups excluding carboxylic acids is 2. The number of halogens is 1. The lowest BCUT2D eigenvalue weighted by molar-refractivity contribution is -0.140. The first-order chi connectivity index (χ1) is 21.1. The summed E-state index contributed by atoms with van der Waals surface area (Å²) in [6, 6.07) is 28.4. The van der Waals surface area contributed by atoms with E-state index in [1.54, 1.807) is 60.7 Å². The quantitative estimate of drug-likeness (QED) is 0.206. The topological polar surface area (TPSA) is 96.0 Å². The maximum absolute atomic E-state index is 14.4. The van der Waals surface area contributed by atoms with Crippen molar-refractivity contribution in [3.63, 3.8) is 0 Å². The fourth-order valence-electron chi connectivity index (χ4n) is 4.75. The molecule has 0 aliphatic carbocycles. The van der Waals surface area contributed by atoms with E-state index in [9.17, 15) is 18.0 Å². The Morgan fingerprint density at radius 1 is 0.864 bits per heavy atom. The molecule has 0 saturated heterocycles. The molecule has 0 aliphatic heterocycles. The van der Waals surface area contributed by atoms with Crippen LogP contribution in [0, 0.1) is 6.92 Å². The average Bonchev–Trinajstić information content (AvgIpc) is 3.03. The van der Waals surface area contributed by atoms with E-state index in [2.05, 4.69) is 5.32 Å². The molecule has 0 heterocycles.